The van der Waals surface area contributed by atoms with Crippen LogP contribution in [0.2, 0.25) is 0 Å². The van der Waals surface area contributed by atoms with Gasteiger partial charge in [-0.1, -0.05) is 18.3 Å². The number of piperidine rings is 1. The van der Waals surface area contributed by atoms with E-state index in [1.165, 1.54) is 12.1 Å². The Morgan fingerprint density at radius 1 is 1.05 bits per heavy atom. The average Bonchev–Trinajstić information content (AvgIpc) is 3.41. The van der Waals surface area contributed by atoms with E-state index in [9.17, 15) is 13.2 Å². The van der Waals surface area contributed by atoms with E-state index in [2.05, 4.69) is 22.0 Å². The summed E-state index contributed by atoms with van der Waals surface area (Å²) in [5.74, 6) is 1.49. The number of hydrogen-bond acceptors (Lipinski definition) is 9. The molecule has 10 nitrogen and oxygen atoms in total. The average molecular weight is 588 g/mol. The van der Waals surface area contributed by atoms with Crippen LogP contribution in [0.4, 0.5) is 5.13 Å². The molecule has 2 saturated heterocycles. The highest BCUT2D eigenvalue weighted by Crippen LogP contribution is 2.40. The van der Waals surface area contributed by atoms with Crippen molar-refractivity contribution in [3.63, 3.8) is 0 Å². The number of ether oxygens (including phenoxy) is 2. The fraction of sp³-hybridized carbons (Fsp3) is 0.500. The highest BCUT2D eigenvalue weighted by molar-refractivity contribution is 7.89. The van der Waals surface area contributed by atoms with Crippen LogP contribution in [0.3, 0.4) is 0 Å². The molecule has 40 heavy (non-hydrogen) atoms. The summed E-state index contributed by atoms with van der Waals surface area (Å²) in [6.45, 7) is 7.86. The van der Waals surface area contributed by atoms with Gasteiger partial charge in [-0.15, -0.1) is 0 Å². The molecule has 1 amide bonds. The maximum Gasteiger partial charge on any atom is 0.251 e. The normalized spacial score (nSPS) is 19.1. The molecule has 2 fully saturated rings. The Bertz CT molecular complexity index is 1440. The summed E-state index contributed by atoms with van der Waals surface area (Å²) < 4.78 is 39.5. The van der Waals surface area contributed by atoms with Crippen LogP contribution >= 0.6 is 11.3 Å². The second kappa shape index (κ2) is 12.3. The number of nitrogens with zero attached hydrogens (tertiary/aromatic N) is 4. The number of rotatable bonds is 9. The SMILES string of the molecule is COc1ccc2sc(N3CCN(CCNC(=O)c4ccc(S(=O)(=O)N5CCCC(C)C5)cc4)CC3)nc2c1OC. The molecule has 0 saturated carbocycles. The predicted molar refractivity (Wildman–Crippen MR) is 157 cm³/mol. The largest absolute Gasteiger partial charge is 0.493 e. The number of carbonyl (C=O) groups excluding carboxylic acids is 1. The number of fused-ring (bicyclic) bond motifs is 1. The minimum atomic E-state index is -3.53. The number of piperazine rings is 1. The van der Waals surface area contributed by atoms with Gasteiger partial charge in [-0.2, -0.15) is 4.31 Å². The van der Waals surface area contributed by atoms with Crippen molar-refractivity contribution in [3.8, 4) is 11.5 Å². The number of carbonyl (C=O) groups is 1. The molecule has 1 atom stereocenters. The summed E-state index contributed by atoms with van der Waals surface area (Å²) >= 11 is 1.65. The van der Waals surface area contributed by atoms with Gasteiger partial charge in [0.1, 0.15) is 5.52 Å². The monoisotopic (exact) mass is 587 g/mol. The van der Waals surface area contributed by atoms with Gasteiger partial charge in [0.25, 0.3) is 5.91 Å². The van der Waals surface area contributed by atoms with Gasteiger partial charge in [0.05, 0.1) is 23.8 Å². The van der Waals surface area contributed by atoms with E-state index in [1.807, 2.05) is 12.1 Å². The number of methoxy groups -OCH3 is 2. The number of sulfonamides is 1. The van der Waals surface area contributed by atoms with Gasteiger partial charge >= 0.3 is 0 Å². The van der Waals surface area contributed by atoms with Crippen molar-refractivity contribution in [1.82, 2.24) is 19.5 Å². The van der Waals surface area contributed by atoms with Gasteiger partial charge < -0.3 is 19.7 Å². The Kier molecular flexibility index (Phi) is 8.79. The van der Waals surface area contributed by atoms with Crippen molar-refractivity contribution < 1.29 is 22.7 Å². The maximum absolute atomic E-state index is 13.0. The first-order chi connectivity index (χ1) is 19.3. The molecular formula is C28H37N5O5S2. The van der Waals surface area contributed by atoms with Crippen LogP contribution in [-0.4, -0.2) is 95.1 Å². The number of aromatic nitrogens is 1. The zero-order valence-electron chi connectivity index (χ0n) is 23.3. The molecule has 12 heteroatoms. The Labute approximate surface area is 239 Å². The predicted octanol–water partition coefficient (Wildman–Crippen LogP) is 3.29. The molecule has 2 aromatic carbocycles. The molecule has 1 N–H and O–H groups in total. The second-order valence-electron chi connectivity index (χ2n) is 10.4. The van der Waals surface area contributed by atoms with E-state index >= 15 is 0 Å². The molecular weight excluding hydrogens is 550 g/mol. The summed E-state index contributed by atoms with van der Waals surface area (Å²) in [5, 5.41) is 3.93. The summed E-state index contributed by atoms with van der Waals surface area (Å²) in [5.41, 5.74) is 1.28. The third-order valence-electron chi connectivity index (χ3n) is 7.62. The van der Waals surface area contributed by atoms with Crippen LogP contribution in [0.25, 0.3) is 10.2 Å². The van der Waals surface area contributed by atoms with Gasteiger partial charge in [-0.05, 0) is 55.2 Å². The fourth-order valence-corrected chi connectivity index (χ4v) is 7.93. The van der Waals surface area contributed by atoms with Crippen LogP contribution in [0.5, 0.6) is 11.5 Å². The molecule has 0 aliphatic carbocycles. The van der Waals surface area contributed by atoms with Crippen LogP contribution < -0.4 is 19.7 Å². The lowest BCUT2D eigenvalue weighted by molar-refractivity contribution is 0.0947. The van der Waals surface area contributed by atoms with Gasteiger partial charge in [-0.25, -0.2) is 13.4 Å². The minimum absolute atomic E-state index is 0.201. The highest BCUT2D eigenvalue weighted by Gasteiger charge is 2.29. The van der Waals surface area contributed by atoms with E-state index in [0.29, 0.717) is 42.6 Å². The van der Waals surface area contributed by atoms with Gasteiger partial charge in [0.2, 0.25) is 10.0 Å². The zero-order valence-corrected chi connectivity index (χ0v) is 24.9. The van der Waals surface area contributed by atoms with Crippen LogP contribution in [-0.2, 0) is 10.0 Å². The number of nitrogens with one attached hydrogen (secondary N) is 1. The lowest BCUT2D eigenvalue weighted by Gasteiger charge is -2.34. The molecule has 3 aromatic rings. The van der Waals surface area contributed by atoms with Crippen LogP contribution in [0.15, 0.2) is 41.3 Å². The summed E-state index contributed by atoms with van der Waals surface area (Å²) in [7, 11) is -0.280. The summed E-state index contributed by atoms with van der Waals surface area (Å²) in [4.78, 5) is 22.4. The number of benzene rings is 2. The van der Waals surface area contributed by atoms with E-state index in [-0.39, 0.29) is 10.8 Å². The van der Waals surface area contributed by atoms with Crippen LogP contribution in [0.1, 0.15) is 30.1 Å². The van der Waals surface area contributed by atoms with Crippen molar-refractivity contribution in [3.05, 3.63) is 42.0 Å². The molecule has 0 radical (unpaired) electrons. The Morgan fingerprint density at radius 2 is 1.80 bits per heavy atom. The molecule has 0 spiro atoms. The third-order valence-corrected chi connectivity index (χ3v) is 10.6. The van der Waals surface area contributed by atoms with E-state index in [0.717, 1.165) is 60.9 Å². The Morgan fingerprint density at radius 3 is 2.48 bits per heavy atom. The number of thiazole rings is 1. The molecule has 1 aromatic heterocycles. The van der Waals surface area contributed by atoms with E-state index < -0.39 is 10.0 Å². The second-order valence-corrected chi connectivity index (χ2v) is 13.3. The molecule has 216 valence electrons. The lowest BCUT2D eigenvalue weighted by atomic mass is 10.0. The van der Waals surface area contributed by atoms with Crippen LogP contribution in [0, 0.1) is 5.92 Å². The van der Waals surface area contributed by atoms with Crippen molar-refractivity contribution >= 4 is 42.6 Å². The standard InChI is InChI=1S/C28H37N5O5S2/c1-20-5-4-13-33(19-20)40(35,36)22-8-6-21(7-9-22)27(34)29-12-14-31-15-17-32(18-16-31)28-30-25-24(39-28)11-10-23(37-2)26(25)38-3/h6-11,20H,4-5,12-19H2,1-3H3,(H,29,34). The van der Waals surface area contributed by atoms with E-state index in [1.54, 1.807) is 42.0 Å². The van der Waals surface area contributed by atoms with E-state index in [4.69, 9.17) is 14.5 Å². The lowest BCUT2D eigenvalue weighted by Crippen LogP contribution is -2.48. The topological polar surface area (TPSA) is 104 Å². The minimum Gasteiger partial charge on any atom is -0.493 e. The van der Waals surface area contributed by atoms with Gasteiger partial charge in [0.15, 0.2) is 16.6 Å². The van der Waals surface area contributed by atoms with Gasteiger partial charge in [-0.3, -0.25) is 9.69 Å². The summed E-state index contributed by atoms with van der Waals surface area (Å²) in [6, 6.07) is 10.2. The first-order valence-corrected chi connectivity index (χ1v) is 15.9. The Balaban J connectivity index is 1.10. The van der Waals surface area contributed by atoms with Crippen molar-refractivity contribution in [2.75, 3.05) is 71.5 Å². The third kappa shape index (κ3) is 6.04. The number of anilines is 1. The first kappa shape index (κ1) is 28.6. The number of hydrogen-bond donors (Lipinski definition) is 1. The molecule has 3 heterocycles. The first-order valence-electron chi connectivity index (χ1n) is 13.7. The molecule has 1 unspecified atom stereocenters. The maximum atomic E-state index is 13.0. The Hall–Kier alpha value is -2.93. The fourth-order valence-electron chi connectivity index (χ4n) is 5.32. The quantitative estimate of drug-likeness (QED) is 0.407. The smallest absolute Gasteiger partial charge is 0.251 e. The van der Waals surface area contributed by atoms with Crippen molar-refractivity contribution in [2.45, 2.75) is 24.7 Å². The van der Waals surface area contributed by atoms with Crippen molar-refractivity contribution in [2.24, 2.45) is 5.92 Å². The molecule has 2 aliphatic heterocycles. The highest BCUT2D eigenvalue weighted by atomic mass is 32.2. The molecule has 0 bridgehead atoms. The summed E-state index contributed by atoms with van der Waals surface area (Å²) in [6.07, 6.45) is 1.93. The number of amides is 1. The molecule has 5 rings (SSSR count). The van der Waals surface area contributed by atoms with Crippen molar-refractivity contribution in [1.29, 1.82) is 0 Å². The molecule has 2 aliphatic rings. The zero-order chi connectivity index (χ0) is 28.3. The van der Waals surface area contributed by atoms with Gasteiger partial charge in [0, 0.05) is 57.9 Å².